The van der Waals surface area contributed by atoms with Crippen LogP contribution in [0.2, 0.25) is 0 Å². The van der Waals surface area contributed by atoms with Crippen LogP contribution < -0.4 is 11.0 Å². The van der Waals surface area contributed by atoms with Crippen LogP contribution in [0.3, 0.4) is 0 Å². The summed E-state index contributed by atoms with van der Waals surface area (Å²) in [4.78, 5) is 15.7. The fraction of sp³-hybridized carbons (Fsp3) is 0.300. The molecule has 0 fully saturated rings. The van der Waals surface area contributed by atoms with Gasteiger partial charge < -0.3 is 4.84 Å². The Morgan fingerprint density at radius 3 is 3.00 bits per heavy atom. The van der Waals surface area contributed by atoms with E-state index in [2.05, 4.69) is 15.9 Å². The SMILES string of the molecule is CCC(Cl)C(=O)ONNc1cccc(F)c1. The molecule has 0 amide bonds. The zero-order chi connectivity index (χ0) is 12.0. The zero-order valence-electron chi connectivity index (χ0n) is 8.67. The molecule has 0 bridgehead atoms. The van der Waals surface area contributed by atoms with E-state index in [0.717, 1.165) is 0 Å². The number of carbonyl (C=O) groups is 1. The van der Waals surface area contributed by atoms with Crippen molar-refractivity contribution in [1.82, 2.24) is 5.59 Å². The average Bonchev–Trinajstić information content (AvgIpc) is 2.28. The lowest BCUT2D eigenvalue weighted by atomic mass is 10.3. The van der Waals surface area contributed by atoms with E-state index in [4.69, 9.17) is 11.6 Å². The van der Waals surface area contributed by atoms with Crippen molar-refractivity contribution in [2.75, 3.05) is 5.43 Å². The van der Waals surface area contributed by atoms with Crippen molar-refractivity contribution < 1.29 is 14.0 Å². The molecule has 0 saturated heterocycles. The van der Waals surface area contributed by atoms with E-state index in [9.17, 15) is 9.18 Å². The number of benzene rings is 1. The quantitative estimate of drug-likeness (QED) is 0.618. The predicted octanol–water partition coefficient (Wildman–Crippen LogP) is 2.22. The Labute approximate surface area is 97.7 Å². The van der Waals surface area contributed by atoms with Crippen LogP contribution >= 0.6 is 11.6 Å². The molecule has 6 heteroatoms. The fourth-order valence-corrected chi connectivity index (χ4v) is 0.976. The van der Waals surface area contributed by atoms with Crippen molar-refractivity contribution in [1.29, 1.82) is 0 Å². The normalized spacial score (nSPS) is 11.9. The van der Waals surface area contributed by atoms with Gasteiger partial charge in [0.05, 0.1) is 5.69 Å². The van der Waals surface area contributed by atoms with Crippen LogP contribution in [0, 0.1) is 5.82 Å². The molecule has 88 valence electrons. The third-order valence-electron chi connectivity index (χ3n) is 1.79. The maximum atomic E-state index is 12.7. The van der Waals surface area contributed by atoms with Crippen LogP contribution in [0.25, 0.3) is 0 Å². The van der Waals surface area contributed by atoms with Gasteiger partial charge in [-0.1, -0.05) is 18.6 Å². The lowest BCUT2D eigenvalue weighted by Crippen LogP contribution is -2.30. The number of hydrazine groups is 1. The molecule has 4 nitrogen and oxygen atoms in total. The number of halogens is 2. The summed E-state index contributed by atoms with van der Waals surface area (Å²) in [7, 11) is 0. The first-order valence-electron chi connectivity index (χ1n) is 4.74. The minimum Gasteiger partial charge on any atom is -0.349 e. The molecule has 1 atom stereocenters. The summed E-state index contributed by atoms with van der Waals surface area (Å²) in [5.41, 5.74) is 5.14. The molecule has 0 aliphatic rings. The van der Waals surface area contributed by atoms with Crippen molar-refractivity contribution in [3.05, 3.63) is 30.1 Å². The zero-order valence-corrected chi connectivity index (χ0v) is 9.42. The molecule has 1 aromatic carbocycles. The Morgan fingerprint density at radius 2 is 2.38 bits per heavy atom. The van der Waals surface area contributed by atoms with E-state index in [-0.39, 0.29) is 5.82 Å². The first-order valence-corrected chi connectivity index (χ1v) is 5.18. The summed E-state index contributed by atoms with van der Waals surface area (Å²) in [6.07, 6.45) is 0.474. The third kappa shape index (κ3) is 4.04. The molecule has 2 N–H and O–H groups in total. The van der Waals surface area contributed by atoms with Crippen LogP contribution in [0.1, 0.15) is 13.3 Å². The van der Waals surface area contributed by atoms with Crippen LogP contribution in [0.5, 0.6) is 0 Å². The Bertz CT molecular complexity index is 362. The first kappa shape index (κ1) is 12.7. The highest BCUT2D eigenvalue weighted by Crippen LogP contribution is 2.07. The highest BCUT2D eigenvalue weighted by Gasteiger charge is 2.14. The van der Waals surface area contributed by atoms with Crippen molar-refractivity contribution in [3.8, 4) is 0 Å². The lowest BCUT2D eigenvalue weighted by Gasteiger charge is -2.09. The van der Waals surface area contributed by atoms with Gasteiger partial charge in [0.1, 0.15) is 11.2 Å². The second kappa shape index (κ2) is 6.30. The van der Waals surface area contributed by atoms with Gasteiger partial charge in [0.2, 0.25) is 0 Å². The number of rotatable bonds is 5. The van der Waals surface area contributed by atoms with Crippen molar-refractivity contribution in [3.63, 3.8) is 0 Å². The smallest absolute Gasteiger partial charge is 0.344 e. The Hall–Kier alpha value is -1.33. The standard InChI is InChI=1S/C10H12ClFN2O2/c1-2-9(11)10(15)16-14-13-8-5-3-4-7(12)6-8/h3-6,9,13-14H,2H2,1H3. The molecule has 0 saturated carbocycles. The molecule has 1 rings (SSSR count). The fourth-order valence-electron chi connectivity index (χ4n) is 0.932. The summed E-state index contributed by atoms with van der Waals surface area (Å²) >= 11 is 5.62. The summed E-state index contributed by atoms with van der Waals surface area (Å²) in [6, 6.07) is 5.70. The van der Waals surface area contributed by atoms with Gasteiger partial charge in [-0.2, -0.15) is 0 Å². The molecule has 0 radical (unpaired) electrons. The Balaban J connectivity index is 2.33. The van der Waals surface area contributed by atoms with E-state index >= 15 is 0 Å². The second-order valence-electron chi connectivity index (χ2n) is 3.03. The van der Waals surface area contributed by atoms with E-state index < -0.39 is 11.3 Å². The van der Waals surface area contributed by atoms with Crippen molar-refractivity contribution in [2.45, 2.75) is 18.7 Å². The van der Waals surface area contributed by atoms with Crippen LogP contribution in [0.4, 0.5) is 10.1 Å². The second-order valence-corrected chi connectivity index (χ2v) is 3.56. The molecule has 0 aliphatic carbocycles. The predicted molar refractivity (Wildman–Crippen MR) is 59.2 cm³/mol. The number of hydrogen-bond acceptors (Lipinski definition) is 4. The molecular weight excluding hydrogens is 235 g/mol. The summed E-state index contributed by atoms with van der Waals surface area (Å²) < 4.78 is 12.7. The molecule has 0 aliphatic heterocycles. The van der Waals surface area contributed by atoms with Crippen LogP contribution in [-0.2, 0) is 9.63 Å². The molecule has 1 unspecified atom stereocenters. The molecule has 0 heterocycles. The van der Waals surface area contributed by atoms with Crippen LogP contribution in [0.15, 0.2) is 24.3 Å². The highest BCUT2D eigenvalue weighted by molar-refractivity contribution is 6.29. The minimum absolute atomic E-state index is 0.387. The largest absolute Gasteiger partial charge is 0.349 e. The maximum absolute atomic E-state index is 12.7. The van der Waals surface area contributed by atoms with Gasteiger partial charge in [0.25, 0.3) is 0 Å². The molecule has 1 aromatic rings. The minimum atomic E-state index is -0.693. The monoisotopic (exact) mass is 246 g/mol. The van der Waals surface area contributed by atoms with Gasteiger partial charge in [-0.15, -0.1) is 11.6 Å². The Kier molecular flexibility index (Phi) is 5.01. The van der Waals surface area contributed by atoms with Crippen molar-refractivity contribution in [2.24, 2.45) is 0 Å². The summed E-state index contributed by atoms with van der Waals surface area (Å²) in [5.74, 6) is -0.977. The first-order chi connectivity index (χ1) is 7.63. The number of carbonyl (C=O) groups excluding carboxylic acids is 1. The number of hydrogen-bond donors (Lipinski definition) is 2. The van der Waals surface area contributed by atoms with Gasteiger partial charge >= 0.3 is 5.97 Å². The van der Waals surface area contributed by atoms with Gasteiger partial charge in [-0.3, -0.25) is 5.43 Å². The number of anilines is 1. The number of nitrogens with one attached hydrogen (secondary N) is 2. The molecular formula is C10H12ClFN2O2. The maximum Gasteiger partial charge on any atom is 0.344 e. The third-order valence-corrected chi connectivity index (χ3v) is 2.27. The average molecular weight is 247 g/mol. The highest BCUT2D eigenvalue weighted by atomic mass is 35.5. The van der Waals surface area contributed by atoms with Crippen molar-refractivity contribution >= 4 is 23.3 Å². The van der Waals surface area contributed by atoms with E-state index in [1.54, 1.807) is 13.0 Å². The van der Waals surface area contributed by atoms with Gasteiger partial charge in [-0.05, 0) is 24.6 Å². The number of alkyl halides is 1. The lowest BCUT2D eigenvalue weighted by molar-refractivity contribution is -0.149. The van der Waals surface area contributed by atoms with Gasteiger partial charge in [-0.25, -0.2) is 9.18 Å². The van der Waals surface area contributed by atoms with E-state index in [0.29, 0.717) is 12.1 Å². The van der Waals surface area contributed by atoms with E-state index in [1.807, 2.05) is 0 Å². The van der Waals surface area contributed by atoms with E-state index in [1.165, 1.54) is 18.2 Å². The molecule has 0 spiro atoms. The summed E-state index contributed by atoms with van der Waals surface area (Å²) in [6.45, 7) is 1.76. The topological polar surface area (TPSA) is 50.4 Å². The molecule has 0 aromatic heterocycles. The molecule has 16 heavy (non-hydrogen) atoms. The summed E-state index contributed by atoms with van der Waals surface area (Å²) in [5, 5.41) is -0.693. The van der Waals surface area contributed by atoms with Gasteiger partial charge in [0.15, 0.2) is 0 Å². The van der Waals surface area contributed by atoms with Gasteiger partial charge in [0, 0.05) is 0 Å². The van der Waals surface area contributed by atoms with Crippen LogP contribution in [-0.4, -0.2) is 11.3 Å². The Morgan fingerprint density at radius 1 is 1.62 bits per heavy atom.